The Kier molecular flexibility index (Phi) is 3.75. The van der Waals surface area contributed by atoms with E-state index in [2.05, 4.69) is 9.97 Å². The van der Waals surface area contributed by atoms with E-state index in [1.165, 1.54) is 0 Å². The van der Waals surface area contributed by atoms with Gasteiger partial charge < -0.3 is 10.7 Å². The van der Waals surface area contributed by atoms with E-state index in [0.717, 1.165) is 28.3 Å². The molecule has 0 saturated heterocycles. The quantitative estimate of drug-likeness (QED) is 0.833. The summed E-state index contributed by atoms with van der Waals surface area (Å²) in [7, 11) is 0. The number of halogens is 2. The van der Waals surface area contributed by atoms with Gasteiger partial charge in [0.25, 0.3) is 0 Å². The number of aromatic nitrogens is 2. The van der Waals surface area contributed by atoms with E-state index in [1.807, 2.05) is 18.2 Å². The van der Waals surface area contributed by atoms with Gasteiger partial charge in [-0.1, -0.05) is 11.6 Å². The molecule has 0 unspecified atom stereocenters. The molecule has 0 aliphatic carbocycles. The van der Waals surface area contributed by atoms with Gasteiger partial charge in [-0.05, 0) is 24.7 Å². The smallest absolute Gasteiger partial charge is 0.108 e. The molecule has 2 aromatic rings. The molecule has 0 fully saturated rings. The van der Waals surface area contributed by atoms with Gasteiger partial charge in [0.2, 0.25) is 0 Å². The molecule has 0 radical (unpaired) electrons. The Hall–Kier alpha value is -0.770. The molecule has 0 aliphatic heterocycles. The van der Waals surface area contributed by atoms with E-state index >= 15 is 0 Å². The van der Waals surface area contributed by atoms with Crippen molar-refractivity contribution in [3.05, 3.63) is 29.0 Å². The number of nitrogens with zero attached hydrogens (tertiary/aromatic N) is 1. The first-order valence-corrected chi connectivity index (χ1v) is 4.51. The summed E-state index contributed by atoms with van der Waals surface area (Å²) in [4.78, 5) is 7.51. The van der Waals surface area contributed by atoms with Crippen molar-refractivity contribution in [2.75, 3.05) is 6.54 Å². The van der Waals surface area contributed by atoms with Crippen LogP contribution in [-0.4, -0.2) is 16.5 Å². The summed E-state index contributed by atoms with van der Waals surface area (Å²) in [5.41, 5.74) is 7.33. The molecular weight excluding hydrogens is 221 g/mol. The molecule has 0 bridgehead atoms. The lowest BCUT2D eigenvalue weighted by Gasteiger charge is -1.88. The number of imidazole rings is 1. The summed E-state index contributed by atoms with van der Waals surface area (Å²) >= 11 is 5.83. The molecule has 0 saturated carbocycles. The maximum Gasteiger partial charge on any atom is 0.108 e. The van der Waals surface area contributed by atoms with Crippen molar-refractivity contribution in [1.82, 2.24) is 9.97 Å². The molecule has 1 aromatic heterocycles. The lowest BCUT2D eigenvalue weighted by atomic mass is 10.3. The maximum atomic E-state index is 5.83. The number of rotatable bonds is 2. The lowest BCUT2D eigenvalue weighted by Crippen LogP contribution is -2.03. The molecule has 5 heteroatoms. The van der Waals surface area contributed by atoms with E-state index in [-0.39, 0.29) is 12.4 Å². The minimum Gasteiger partial charge on any atom is -0.342 e. The van der Waals surface area contributed by atoms with Gasteiger partial charge >= 0.3 is 0 Å². The molecule has 0 aliphatic rings. The Morgan fingerprint density at radius 1 is 1.43 bits per heavy atom. The fourth-order valence-corrected chi connectivity index (χ4v) is 1.46. The van der Waals surface area contributed by atoms with Crippen LogP contribution < -0.4 is 5.73 Å². The summed E-state index contributed by atoms with van der Waals surface area (Å²) in [5.74, 6) is 0.916. The lowest BCUT2D eigenvalue weighted by molar-refractivity contribution is 0.900. The van der Waals surface area contributed by atoms with Crippen molar-refractivity contribution in [3.63, 3.8) is 0 Å². The maximum absolute atomic E-state index is 5.83. The number of benzene rings is 1. The minimum absolute atomic E-state index is 0. The first-order chi connectivity index (χ1) is 6.29. The number of nitrogens with two attached hydrogens (primary N) is 1. The van der Waals surface area contributed by atoms with E-state index in [4.69, 9.17) is 17.3 Å². The average molecular weight is 232 g/mol. The Morgan fingerprint density at radius 2 is 2.21 bits per heavy atom. The predicted molar refractivity (Wildman–Crippen MR) is 61.1 cm³/mol. The van der Waals surface area contributed by atoms with Crippen molar-refractivity contribution >= 4 is 35.0 Å². The van der Waals surface area contributed by atoms with Gasteiger partial charge in [-0.25, -0.2) is 4.98 Å². The first-order valence-electron chi connectivity index (χ1n) is 4.14. The summed E-state index contributed by atoms with van der Waals surface area (Å²) in [6.07, 6.45) is 0.770. The average Bonchev–Trinajstić information content (AvgIpc) is 2.46. The molecule has 76 valence electrons. The molecule has 0 amide bonds. The second-order valence-electron chi connectivity index (χ2n) is 2.88. The zero-order valence-electron chi connectivity index (χ0n) is 7.46. The van der Waals surface area contributed by atoms with Gasteiger partial charge in [0.05, 0.1) is 11.0 Å². The van der Waals surface area contributed by atoms with Crippen LogP contribution in [0.25, 0.3) is 11.0 Å². The van der Waals surface area contributed by atoms with Crippen molar-refractivity contribution < 1.29 is 0 Å². The van der Waals surface area contributed by atoms with Gasteiger partial charge in [0.1, 0.15) is 5.82 Å². The Bertz CT molecular complexity index is 425. The Labute approximate surface area is 93.1 Å². The highest BCUT2D eigenvalue weighted by atomic mass is 35.5. The zero-order valence-corrected chi connectivity index (χ0v) is 9.03. The number of aromatic amines is 1. The number of hydrogen-bond acceptors (Lipinski definition) is 2. The van der Waals surface area contributed by atoms with Gasteiger partial charge in [-0.15, -0.1) is 12.4 Å². The molecule has 1 aromatic carbocycles. The van der Waals surface area contributed by atoms with E-state index in [9.17, 15) is 0 Å². The summed E-state index contributed by atoms with van der Waals surface area (Å²) < 4.78 is 0. The summed E-state index contributed by atoms with van der Waals surface area (Å²) in [6, 6.07) is 5.59. The summed E-state index contributed by atoms with van der Waals surface area (Å²) in [6.45, 7) is 0.605. The van der Waals surface area contributed by atoms with Crippen LogP contribution in [0, 0.1) is 0 Å². The predicted octanol–water partition coefficient (Wildman–Crippen LogP) is 2.14. The van der Waals surface area contributed by atoms with Crippen LogP contribution in [0.3, 0.4) is 0 Å². The topological polar surface area (TPSA) is 54.7 Å². The van der Waals surface area contributed by atoms with Crippen molar-refractivity contribution in [1.29, 1.82) is 0 Å². The normalized spacial score (nSPS) is 10.1. The van der Waals surface area contributed by atoms with Crippen molar-refractivity contribution in [3.8, 4) is 0 Å². The third-order valence-corrected chi connectivity index (χ3v) is 2.11. The van der Waals surface area contributed by atoms with Crippen LogP contribution in [0.5, 0.6) is 0 Å². The first kappa shape index (κ1) is 11.3. The fraction of sp³-hybridized carbons (Fsp3) is 0.222. The highest BCUT2D eigenvalue weighted by Gasteiger charge is 2.01. The van der Waals surface area contributed by atoms with Crippen LogP contribution in [0.4, 0.5) is 0 Å². The molecule has 3 N–H and O–H groups in total. The van der Waals surface area contributed by atoms with Gasteiger partial charge in [0, 0.05) is 11.4 Å². The third-order valence-electron chi connectivity index (χ3n) is 1.87. The molecular formula is C9H11Cl2N3. The minimum atomic E-state index is 0. The van der Waals surface area contributed by atoms with Gasteiger partial charge in [0.15, 0.2) is 0 Å². The fourth-order valence-electron chi connectivity index (χ4n) is 1.29. The van der Waals surface area contributed by atoms with Crippen LogP contribution >= 0.6 is 24.0 Å². The standard InChI is InChI=1S/C9H10ClN3.ClH/c10-6-1-2-7-8(5-6)13-9(12-7)3-4-11;/h1-2,5H,3-4,11H2,(H,12,13);1H. The second-order valence-corrected chi connectivity index (χ2v) is 3.32. The molecule has 1 heterocycles. The second kappa shape index (κ2) is 4.64. The largest absolute Gasteiger partial charge is 0.342 e. The highest BCUT2D eigenvalue weighted by molar-refractivity contribution is 6.31. The SMILES string of the molecule is Cl.NCCc1nc2ccc(Cl)cc2[nH]1. The highest BCUT2D eigenvalue weighted by Crippen LogP contribution is 2.16. The summed E-state index contributed by atoms with van der Waals surface area (Å²) in [5, 5.41) is 0.718. The molecule has 0 spiro atoms. The number of fused-ring (bicyclic) bond motifs is 1. The van der Waals surface area contributed by atoms with Crippen molar-refractivity contribution in [2.24, 2.45) is 5.73 Å². The Morgan fingerprint density at radius 3 is 2.93 bits per heavy atom. The van der Waals surface area contributed by atoms with Gasteiger partial charge in [-0.2, -0.15) is 0 Å². The Balaban J connectivity index is 0.000000980. The van der Waals surface area contributed by atoms with Gasteiger partial charge in [-0.3, -0.25) is 0 Å². The van der Waals surface area contributed by atoms with Crippen LogP contribution in [0.2, 0.25) is 5.02 Å². The molecule has 3 nitrogen and oxygen atoms in total. The number of hydrogen-bond donors (Lipinski definition) is 2. The van der Waals surface area contributed by atoms with E-state index in [1.54, 1.807) is 0 Å². The van der Waals surface area contributed by atoms with Crippen LogP contribution in [0.15, 0.2) is 18.2 Å². The number of nitrogens with one attached hydrogen (secondary N) is 1. The monoisotopic (exact) mass is 231 g/mol. The molecule has 0 atom stereocenters. The number of H-pyrrole nitrogens is 1. The molecule has 2 rings (SSSR count). The zero-order chi connectivity index (χ0) is 9.26. The molecule has 14 heavy (non-hydrogen) atoms. The van der Waals surface area contributed by atoms with Crippen molar-refractivity contribution in [2.45, 2.75) is 6.42 Å². The van der Waals surface area contributed by atoms with Crippen LogP contribution in [-0.2, 0) is 6.42 Å². The third kappa shape index (κ3) is 2.18. The van der Waals surface area contributed by atoms with Crippen LogP contribution in [0.1, 0.15) is 5.82 Å². The van der Waals surface area contributed by atoms with E-state index < -0.39 is 0 Å². The van der Waals surface area contributed by atoms with E-state index in [0.29, 0.717) is 6.54 Å².